The van der Waals surface area contributed by atoms with Gasteiger partial charge in [0.2, 0.25) is 0 Å². The number of benzene rings is 1. The normalized spacial score (nSPS) is 11.9. The van der Waals surface area contributed by atoms with Gasteiger partial charge in [0.25, 0.3) is 5.91 Å². The van der Waals surface area contributed by atoms with Crippen LogP contribution in [0.1, 0.15) is 30.1 Å². The van der Waals surface area contributed by atoms with Crippen LogP contribution in [0, 0.1) is 11.6 Å². The Balaban J connectivity index is 2.86. The number of nitrogens with one attached hydrogen (secondary N) is 1. The maximum absolute atomic E-state index is 13.3. The molecule has 18 heavy (non-hydrogen) atoms. The number of carbonyl (C=O) groups is 2. The van der Waals surface area contributed by atoms with E-state index in [2.05, 4.69) is 5.32 Å². The number of carbonyl (C=O) groups excluding carboxylic acids is 1. The average molecular weight is 257 g/mol. The molecule has 0 heterocycles. The first-order chi connectivity index (χ1) is 8.45. The summed E-state index contributed by atoms with van der Waals surface area (Å²) in [5, 5.41) is 11.0. The standard InChI is InChI=1S/C12H13F2NO3/c1-2-3-10(12(17)18)15-11(16)8-6-7(13)4-5-9(8)14/h4-6,10H,2-3H2,1H3,(H,15,16)(H,17,18)/t10-/m1/s1. The first-order valence-electron chi connectivity index (χ1n) is 5.44. The molecule has 0 saturated heterocycles. The van der Waals surface area contributed by atoms with Gasteiger partial charge in [-0.1, -0.05) is 13.3 Å². The van der Waals surface area contributed by atoms with E-state index < -0.39 is 35.1 Å². The molecule has 0 saturated carbocycles. The SMILES string of the molecule is CCC[C@@H](NC(=O)c1cc(F)ccc1F)C(=O)O. The van der Waals surface area contributed by atoms with Crippen molar-refractivity contribution in [3.63, 3.8) is 0 Å². The number of amides is 1. The number of rotatable bonds is 5. The van der Waals surface area contributed by atoms with Crippen LogP contribution in [0.2, 0.25) is 0 Å². The summed E-state index contributed by atoms with van der Waals surface area (Å²) in [6.45, 7) is 1.75. The Morgan fingerprint density at radius 3 is 2.61 bits per heavy atom. The second-order valence-corrected chi connectivity index (χ2v) is 3.78. The third-order valence-electron chi connectivity index (χ3n) is 2.35. The minimum atomic E-state index is -1.21. The molecule has 1 atom stereocenters. The summed E-state index contributed by atoms with van der Waals surface area (Å²) in [5.74, 6) is -3.80. The first-order valence-corrected chi connectivity index (χ1v) is 5.44. The molecule has 6 heteroatoms. The Morgan fingerprint density at radius 1 is 1.39 bits per heavy atom. The molecule has 0 spiro atoms. The van der Waals surface area contributed by atoms with E-state index in [-0.39, 0.29) is 6.42 Å². The van der Waals surface area contributed by atoms with Gasteiger partial charge in [0.15, 0.2) is 0 Å². The summed E-state index contributed by atoms with van der Waals surface area (Å²) in [4.78, 5) is 22.5. The quantitative estimate of drug-likeness (QED) is 0.847. The van der Waals surface area contributed by atoms with E-state index in [1.54, 1.807) is 6.92 Å². The van der Waals surface area contributed by atoms with Crippen LogP contribution in [-0.2, 0) is 4.79 Å². The minimum absolute atomic E-state index is 0.220. The summed E-state index contributed by atoms with van der Waals surface area (Å²) in [6, 6.07) is 1.33. The van der Waals surface area contributed by atoms with E-state index in [1.165, 1.54) is 0 Å². The molecule has 98 valence electrons. The molecular weight excluding hydrogens is 244 g/mol. The molecule has 0 radical (unpaired) electrons. The molecule has 1 aromatic rings. The third-order valence-corrected chi connectivity index (χ3v) is 2.35. The molecule has 1 aromatic carbocycles. The van der Waals surface area contributed by atoms with E-state index in [0.717, 1.165) is 18.2 Å². The van der Waals surface area contributed by atoms with Crippen LogP contribution in [0.15, 0.2) is 18.2 Å². The van der Waals surface area contributed by atoms with Crippen LogP contribution < -0.4 is 5.32 Å². The molecule has 0 unspecified atom stereocenters. The highest BCUT2D eigenvalue weighted by atomic mass is 19.1. The molecule has 0 bridgehead atoms. The van der Waals surface area contributed by atoms with Gasteiger partial charge in [-0.25, -0.2) is 13.6 Å². The minimum Gasteiger partial charge on any atom is -0.480 e. The van der Waals surface area contributed by atoms with Gasteiger partial charge in [0.05, 0.1) is 5.56 Å². The molecule has 0 aliphatic heterocycles. The fraction of sp³-hybridized carbons (Fsp3) is 0.333. The van der Waals surface area contributed by atoms with E-state index in [4.69, 9.17) is 5.11 Å². The lowest BCUT2D eigenvalue weighted by Crippen LogP contribution is -2.41. The van der Waals surface area contributed by atoms with Crippen LogP contribution in [0.3, 0.4) is 0 Å². The lowest BCUT2D eigenvalue weighted by Gasteiger charge is -2.13. The highest BCUT2D eigenvalue weighted by Crippen LogP contribution is 2.10. The van der Waals surface area contributed by atoms with E-state index in [9.17, 15) is 18.4 Å². The van der Waals surface area contributed by atoms with E-state index >= 15 is 0 Å². The van der Waals surface area contributed by atoms with Crippen molar-refractivity contribution < 1.29 is 23.5 Å². The van der Waals surface area contributed by atoms with Crippen molar-refractivity contribution in [1.82, 2.24) is 5.32 Å². The van der Waals surface area contributed by atoms with Gasteiger partial charge in [-0.15, -0.1) is 0 Å². The summed E-state index contributed by atoms with van der Waals surface area (Å²) < 4.78 is 26.2. The molecule has 0 aromatic heterocycles. The van der Waals surface area contributed by atoms with E-state index in [0.29, 0.717) is 6.42 Å². The number of carboxylic acid groups (broad SMARTS) is 1. The lowest BCUT2D eigenvalue weighted by atomic mass is 10.1. The maximum Gasteiger partial charge on any atom is 0.326 e. The predicted octanol–water partition coefficient (Wildman–Crippen LogP) is 1.95. The number of hydrogen-bond acceptors (Lipinski definition) is 2. The average Bonchev–Trinajstić information content (AvgIpc) is 2.31. The fourth-order valence-corrected chi connectivity index (χ4v) is 1.45. The third kappa shape index (κ3) is 3.51. The first kappa shape index (κ1) is 14.1. The molecule has 4 nitrogen and oxygen atoms in total. The van der Waals surface area contributed by atoms with Gasteiger partial charge in [0, 0.05) is 0 Å². The smallest absolute Gasteiger partial charge is 0.326 e. The highest BCUT2D eigenvalue weighted by Gasteiger charge is 2.21. The Kier molecular flexibility index (Phi) is 4.76. The molecule has 0 aliphatic carbocycles. The lowest BCUT2D eigenvalue weighted by molar-refractivity contribution is -0.139. The molecular formula is C12H13F2NO3. The molecule has 2 N–H and O–H groups in total. The van der Waals surface area contributed by atoms with Crippen molar-refractivity contribution in [3.05, 3.63) is 35.4 Å². The Morgan fingerprint density at radius 2 is 2.06 bits per heavy atom. The summed E-state index contributed by atoms with van der Waals surface area (Å²) in [5.41, 5.74) is -0.502. The number of carboxylic acids is 1. The van der Waals surface area contributed by atoms with Gasteiger partial charge in [-0.05, 0) is 24.6 Å². The van der Waals surface area contributed by atoms with Crippen molar-refractivity contribution >= 4 is 11.9 Å². The van der Waals surface area contributed by atoms with Crippen LogP contribution in [0.25, 0.3) is 0 Å². The monoisotopic (exact) mass is 257 g/mol. The zero-order valence-corrected chi connectivity index (χ0v) is 9.74. The second kappa shape index (κ2) is 6.09. The highest BCUT2D eigenvalue weighted by molar-refractivity contribution is 5.96. The maximum atomic E-state index is 13.3. The van der Waals surface area contributed by atoms with Crippen molar-refractivity contribution in [3.8, 4) is 0 Å². The summed E-state index contributed by atoms with van der Waals surface area (Å²) in [7, 11) is 0. The zero-order chi connectivity index (χ0) is 13.7. The molecule has 0 aliphatic rings. The van der Waals surface area contributed by atoms with Crippen molar-refractivity contribution in [2.45, 2.75) is 25.8 Å². The van der Waals surface area contributed by atoms with Gasteiger partial charge >= 0.3 is 5.97 Å². The second-order valence-electron chi connectivity index (χ2n) is 3.78. The summed E-state index contributed by atoms with van der Waals surface area (Å²) in [6.07, 6.45) is 0.765. The van der Waals surface area contributed by atoms with Crippen molar-refractivity contribution in [2.24, 2.45) is 0 Å². The van der Waals surface area contributed by atoms with E-state index in [1.807, 2.05) is 0 Å². The molecule has 1 rings (SSSR count). The fourth-order valence-electron chi connectivity index (χ4n) is 1.45. The van der Waals surface area contributed by atoms with Gasteiger partial charge < -0.3 is 10.4 Å². The Hall–Kier alpha value is -1.98. The number of halogens is 2. The molecule has 0 fully saturated rings. The van der Waals surface area contributed by atoms with Crippen LogP contribution in [0.5, 0.6) is 0 Å². The van der Waals surface area contributed by atoms with Crippen molar-refractivity contribution in [1.29, 1.82) is 0 Å². The zero-order valence-electron chi connectivity index (χ0n) is 9.74. The number of aliphatic carboxylic acids is 1. The molecule has 1 amide bonds. The Labute approximate surface area is 103 Å². The number of hydrogen-bond donors (Lipinski definition) is 2. The van der Waals surface area contributed by atoms with Gasteiger partial charge in [0.1, 0.15) is 17.7 Å². The van der Waals surface area contributed by atoms with Gasteiger partial charge in [-0.2, -0.15) is 0 Å². The van der Waals surface area contributed by atoms with Crippen molar-refractivity contribution in [2.75, 3.05) is 0 Å². The summed E-state index contributed by atoms with van der Waals surface area (Å²) >= 11 is 0. The van der Waals surface area contributed by atoms with Crippen LogP contribution in [-0.4, -0.2) is 23.0 Å². The van der Waals surface area contributed by atoms with Gasteiger partial charge in [-0.3, -0.25) is 4.79 Å². The Bertz CT molecular complexity index is 463. The largest absolute Gasteiger partial charge is 0.480 e. The predicted molar refractivity (Wildman–Crippen MR) is 60.2 cm³/mol. The van der Waals surface area contributed by atoms with Crippen LogP contribution >= 0.6 is 0 Å². The van der Waals surface area contributed by atoms with Crippen LogP contribution in [0.4, 0.5) is 8.78 Å². The topological polar surface area (TPSA) is 66.4 Å².